The molecule has 66 valence electrons. The summed E-state index contributed by atoms with van der Waals surface area (Å²) in [4.78, 5) is 4.42. The first-order valence-electron chi connectivity index (χ1n) is 4.00. The SMILES string of the molecule is Cc1ccc2c(I)c(N)ccc2n1. The molecule has 1 aromatic carbocycles. The zero-order valence-electron chi connectivity index (χ0n) is 7.21. The molecule has 0 aliphatic carbocycles. The average Bonchev–Trinajstić information content (AvgIpc) is 2.12. The lowest BCUT2D eigenvalue weighted by atomic mass is 10.2. The van der Waals surface area contributed by atoms with Crippen molar-refractivity contribution in [2.24, 2.45) is 0 Å². The van der Waals surface area contributed by atoms with Gasteiger partial charge < -0.3 is 5.73 Å². The molecular formula is C10H9IN2. The van der Waals surface area contributed by atoms with Gasteiger partial charge in [0.1, 0.15) is 0 Å². The van der Waals surface area contributed by atoms with Crippen molar-refractivity contribution in [3.63, 3.8) is 0 Å². The summed E-state index contributed by atoms with van der Waals surface area (Å²) in [6, 6.07) is 7.93. The number of nitrogens with zero attached hydrogens (tertiary/aromatic N) is 1. The van der Waals surface area contributed by atoms with Crippen LogP contribution >= 0.6 is 22.6 Å². The van der Waals surface area contributed by atoms with E-state index in [4.69, 9.17) is 5.73 Å². The predicted octanol–water partition coefficient (Wildman–Crippen LogP) is 2.73. The van der Waals surface area contributed by atoms with Gasteiger partial charge in [-0.25, -0.2) is 0 Å². The summed E-state index contributed by atoms with van der Waals surface area (Å²) in [6.07, 6.45) is 0. The van der Waals surface area contributed by atoms with Gasteiger partial charge in [0.25, 0.3) is 0 Å². The Morgan fingerprint density at radius 2 is 2.00 bits per heavy atom. The molecule has 0 bridgehead atoms. The first-order chi connectivity index (χ1) is 6.18. The number of aryl methyl sites for hydroxylation is 1. The lowest BCUT2D eigenvalue weighted by Gasteiger charge is -2.03. The van der Waals surface area contributed by atoms with E-state index in [9.17, 15) is 0 Å². The fourth-order valence-corrected chi connectivity index (χ4v) is 1.92. The van der Waals surface area contributed by atoms with Crippen LogP contribution in [0.25, 0.3) is 10.9 Å². The summed E-state index contributed by atoms with van der Waals surface area (Å²) in [5.41, 5.74) is 8.65. The van der Waals surface area contributed by atoms with Crippen molar-refractivity contribution in [3.8, 4) is 0 Å². The molecular weight excluding hydrogens is 275 g/mol. The lowest BCUT2D eigenvalue weighted by Crippen LogP contribution is -1.91. The van der Waals surface area contributed by atoms with Crippen LogP contribution in [0.5, 0.6) is 0 Å². The lowest BCUT2D eigenvalue weighted by molar-refractivity contribution is 1.25. The Morgan fingerprint density at radius 3 is 2.77 bits per heavy atom. The number of aromatic nitrogens is 1. The van der Waals surface area contributed by atoms with Crippen molar-refractivity contribution >= 4 is 39.2 Å². The molecule has 1 heterocycles. The molecule has 1 aromatic heterocycles. The molecule has 0 unspecified atom stereocenters. The number of hydrogen-bond donors (Lipinski definition) is 1. The largest absolute Gasteiger partial charge is 0.398 e. The Bertz CT molecular complexity index is 466. The maximum absolute atomic E-state index is 5.79. The van der Waals surface area contributed by atoms with E-state index < -0.39 is 0 Å². The van der Waals surface area contributed by atoms with Gasteiger partial charge in [-0.2, -0.15) is 0 Å². The molecule has 0 saturated carbocycles. The minimum Gasteiger partial charge on any atom is -0.398 e. The number of fused-ring (bicyclic) bond motifs is 1. The molecule has 13 heavy (non-hydrogen) atoms. The fraction of sp³-hybridized carbons (Fsp3) is 0.100. The van der Waals surface area contributed by atoms with Gasteiger partial charge in [0.2, 0.25) is 0 Å². The predicted molar refractivity (Wildman–Crippen MR) is 63.6 cm³/mol. The number of nitrogens with two attached hydrogens (primary N) is 1. The molecule has 0 fully saturated rings. The minimum absolute atomic E-state index is 0.818. The van der Waals surface area contributed by atoms with E-state index >= 15 is 0 Å². The van der Waals surface area contributed by atoms with Gasteiger partial charge in [-0.3, -0.25) is 4.98 Å². The standard InChI is InChI=1S/C10H9IN2/c1-6-2-3-7-9(13-6)5-4-8(12)10(7)11/h2-5H,12H2,1H3. The smallest absolute Gasteiger partial charge is 0.0717 e. The van der Waals surface area contributed by atoms with Crippen molar-refractivity contribution in [3.05, 3.63) is 33.5 Å². The van der Waals surface area contributed by atoms with E-state index in [1.54, 1.807) is 0 Å². The molecule has 2 rings (SSSR count). The Morgan fingerprint density at radius 1 is 1.23 bits per heavy atom. The first-order valence-corrected chi connectivity index (χ1v) is 5.07. The van der Waals surface area contributed by atoms with Crippen LogP contribution in [0, 0.1) is 10.5 Å². The monoisotopic (exact) mass is 284 g/mol. The van der Waals surface area contributed by atoms with E-state index in [0.717, 1.165) is 25.9 Å². The van der Waals surface area contributed by atoms with Gasteiger partial charge in [0, 0.05) is 20.3 Å². The molecule has 0 amide bonds. The highest BCUT2D eigenvalue weighted by atomic mass is 127. The molecule has 2 aromatic rings. The average molecular weight is 284 g/mol. The van der Waals surface area contributed by atoms with Crippen molar-refractivity contribution in [2.45, 2.75) is 6.92 Å². The maximum atomic E-state index is 5.79. The van der Waals surface area contributed by atoms with Crippen LogP contribution in [-0.2, 0) is 0 Å². The number of nitrogen functional groups attached to an aromatic ring is 1. The molecule has 2 nitrogen and oxygen atoms in total. The number of pyridine rings is 1. The van der Waals surface area contributed by atoms with Crippen LogP contribution in [0.1, 0.15) is 5.69 Å². The summed E-state index contributed by atoms with van der Waals surface area (Å²) >= 11 is 2.25. The van der Waals surface area contributed by atoms with Gasteiger partial charge in [-0.15, -0.1) is 0 Å². The van der Waals surface area contributed by atoms with E-state index in [2.05, 4.69) is 33.6 Å². The van der Waals surface area contributed by atoms with Crippen LogP contribution in [0.2, 0.25) is 0 Å². The summed E-state index contributed by atoms with van der Waals surface area (Å²) in [5, 5.41) is 1.13. The molecule has 0 aliphatic heterocycles. The van der Waals surface area contributed by atoms with Crippen LogP contribution < -0.4 is 5.73 Å². The molecule has 2 N–H and O–H groups in total. The summed E-state index contributed by atoms with van der Waals surface area (Å²) in [5.74, 6) is 0. The molecule has 0 radical (unpaired) electrons. The van der Waals surface area contributed by atoms with Gasteiger partial charge in [-0.1, -0.05) is 0 Å². The van der Waals surface area contributed by atoms with E-state index in [1.165, 1.54) is 0 Å². The highest BCUT2D eigenvalue weighted by Crippen LogP contribution is 2.24. The quantitative estimate of drug-likeness (QED) is 0.596. The Labute approximate surface area is 90.3 Å². The molecule has 0 saturated heterocycles. The second-order valence-corrected chi connectivity index (χ2v) is 4.07. The first kappa shape index (κ1) is 8.74. The molecule has 0 spiro atoms. The third-order valence-corrected chi connectivity index (χ3v) is 3.18. The van der Waals surface area contributed by atoms with E-state index in [1.807, 2.05) is 25.1 Å². The third-order valence-electron chi connectivity index (χ3n) is 1.97. The number of halogens is 1. The second-order valence-electron chi connectivity index (χ2n) is 2.99. The summed E-state index contributed by atoms with van der Waals surface area (Å²) < 4.78 is 1.09. The van der Waals surface area contributed by atoms with Crippen molar-refractivity contribution in [2.75, 3.05) is 5.73 Å². The van der Waals surface area contributed by atoms with Crippen molar-refractivity contribution < 1.29 is 0 Å². The highest BCUT2D eigenvalue weighted by Gasteiger charge is 2.02. The number of anilines is 1. The van der Waals surface area contributed by atoms with Gasteiger partial charge in [-0.05, 0) is 53.8 Å². The molecule has 0 aliphatic rings. The fourth-order valence-electron chi connectivity index (χ4n) is 1.29. The van der Waals surface area contributed by atoms with Crippen LogP contribution in [0.4, 0.5) is 5.69 Å². The molecule has 3 heteroatoms. The highest BCUT2D eigenvalue weighted by molar-refractivity contribution is 14.1. The van der Waals surface area contributed by atoms with E-state index in [0.29, 0.717) is 0 Å². The summed E-state index contributed by atoms with van der Waals surface area (Å²) in [6.45, 7) is 1.99. The van der Waals surface area contributed by atoms with Crippen LogP contribution in [-0.4, -0.2) is 4.98 Å². The van der Waals surface area contributed by atoms with Gasteiger partial charge in [0.05, 0.1) is 5.52 Å². The Kier molecular flexibility index (Phi) is 2.11. The maximum Gasteiger partial charge on any atom is 0.0717 e. The topological polar surface area (TPSA) is 38.9 Å². The zero-order chi connectivity index (χ0) is 9.42. The Balaban J connectivity index is 2.87. The van der Waals surface area contributed by atoms with Gasteiger partial charge in [0.15, 0.2) is 0 Å². The summed E-state index contributed by atoms with van der Waals surface area (Å²) in [7, 11) is 0. The number of rotatable bonds is 0. The number of benzene rings is 1. The van der Waals surface area contributed by atoms with Crippen molar-refractivity contribution in [1.29, 1.82) is 0 Å². The normalized spacial score (nSPS) is 10.6. The van der Waals surface area contributed by atoms with Crippen LogP contribution in [0.15, 0.2) is 24.3 Å². The Hall–Kier alpha value is -0.840. The third kappa shape index (κ3) is 1.48. The molecule has 0 atom stereocenters. The van der Waals surface area contributed by atoms with E-state index in [-0.39, 0.29) is 0 Å². The van der Waals surface area contributed by atoms with Gasteiger partial charge >= 0.3 is 0 Å². The van der Waals surface area contributed by atoms with Crippen molar-refractivity contribution in [1.82, 2.24) is 4.98 Å². The zero-order valence-corrected chi connectivity index (χ0v) is 9.37. The number of hydrogen-bond acceptors (Lipinski definition) is 2. The minimum atomic E-state index is 0.818. The second kappa shape index (κ2) is 3.14. The van der Waals surface area contributed by atoms with Crippen LogP contribution in [0.3, 0.4) is 0 Å².